The van der Waals surface area contributed by atoms with Crippen LogP contribution in [0.25, 0.3) is 11.0 Å². The number of nitrogens with zero attached hydrogens (tertiary/aromatic N) is 2. The van der Waals surface area contributed by atoms with Gasteiger partial charge in [0.2, 0.25) is 0 Å². The Bertz CT molecular complexity index is 943. The Kier molecular flexibility index (Phi) is 4.57. The van der Waals surface area contributed by atoms with Gasteiger partial charge in [0.15, 0.2) is 5.65 Å². The van der Waals surface area contributed by atoms with Gasteiger partial charge >= 0.3 is 0 Å². The molecule has 0 amide bonds. The lowest BCUT2D eigenvalue weighted by Crippen LogP contribution is -2.14. The van der Waals surface area contributed by atoms with Crippen molar-refractivity contribution in [3.63, 3.8) is 0 Å². The summed E-state index contributed by atoms with van der Waals surface area (Å²) in [6.07, 6.45) is 1.14. The highest BCUT2D eigenvalue weighted by atomic mass is 19.1. The summed E-state index contributed by atoms with van der Waals surface area (Å²) in [5.41, 5.74) is -0.219. The molecule has 3 rings (SSSR count). The van der Waals surface area contributed by atoms with E-state index >= 15 is 0 Å². The third kappa shape index (κ3) is 3.60. The van der Waals surface area contributed by atoms with Crippen molar-refractivity contribution >= 4 is 11.0 Å². The number of H-pyrrole nitrogens is 1. The first-order valence-electron chi connectivity index (χ1n) is 7.09. The van der Waals surface area contributed by atoms with E-state index in [2.05, 4.69) is 15.0 Å². The van der Waals surface area contributed by atoms with Gasteiger partial charge in [-0.1, -0.05) is 0 Å². The highest BCUT2D eigenvalue weighted by Crippen LogP contribution is 2.11. The molecule has 0 unspecified atom stereocenters. The SMILES string of the molecule is O=c1[nH]c(COCCc2cc(F)ccc2F)nc2ncc(F)cc12. The van der Waals surface area contributed by atoms with E-state index in [-0.39, 0.29) is 42.1 Å². The van der Waals surface area contributed by atoms with E-state index in [1.165, 1.54) is 0 Å². The molecule has 0 aliphatic carbocycles. The number of nitrogens with one attached hydrogen (secondary N) is 1. The Morgan fingerprint density at radius 3 is 2.79 bits per heavy atom. The lowest BCUT2D eigenvalue weighted by Gasteiger charge is -2.06. The van der Waals surface area contributed by atoms with Crippen molar-refractivity contribution in [2.75, 3.05) is 6.61 Å². The molecular formula is C16H12F3N3O2. The van der Waals surface area contributed by atoms with Crippen LogP contribution in [-0.4, -0.2) is 21.6 Å². The van der Waals surface area contributed by atoms with E-state index in [0.29, 0.717) is 0 Å². The maximum absolute atomic E-state index is 13.5. The predicted molar refractivity (Wildman–Crippen MR) is 79.8 cm³/mol. The highest BCUT2D eigenvalue weighted by molar-refractivity contribution is 5.72. The summed E-state index contributed by atoms with van der Waals surface area (Å²) < 4.78 is 44.9. The van der Waals surface area contributed by atoms with Gasteiger partial charge < -0.3 is 9.72 Å². The maximum atomic E-state index is 13.5. The lowest BCUT2D eigenvalue weighted by molar-refractivity contribution is 0.118. The minimum atomic E-state index is -0.629. The predicted octanol–water partition coefficient (Wildman–Crippen LogP) is 2.49. The first-order chi connectivity index (χ1) is 11.5. The second-order valence-electron chi connectivity index (χ2n) is 5.08. The Morgan fingerprint density at radius 2 is 1.96 bits per heavy atom. The standard InChI is InChI=1S/C16H12F3N3O2/c17-10-1-2-13(19)9(5-10)3-4-24-8-14-21-15-12(16(23)22-14)6-11(18)7-20-15/h1-2,5-7H,3-4,8H2,(H,20,21,22,23). The van der Waals surface area contributed by atoms with E-state index in [1.54, 1.807) is 0 Å². The van der Waals surface area contributed by atoms with Crippen LogP contribution in [-0.2, 0) is 17.8 Å². The summed E-state index contributed by atoms with van der Waals surface area (Å²) in [5.74, 6) is -1.45. The minimum Gasteiger partial charge on any atom is -0.373 e. The number of aromatic nitrogens is 3. The van der Waals surface area contributed by atoms with E-state index in [9.17, 15) is 18.0 Å². The third-order valence-corrected chi connectivity index (χ3v) is 3.34. The fraction of sp³-hybridized carbons (Fsp3) is 0.188. The molecule has 8 heteroatoms. The normalized spacial score (nSPS) is 11.1. The largest absolute Gasteiger partial charge is 0.373 e. The molecule has 0 fully saturated rings. The van der Waals surface area contributed by atoms with E-state index < -0.39 is 23.0 Å². The number of hydrogen-bond donors (Lipinski definition) is 1. The molecule has 24 heavy (non-hydrogen) atoms. The van der Waals surface area contributed by atoms with Gasteiger partial charge in [0.1, 0.15) is 29.9 Å². The van der Waals surface area contributed by atoms with Crippen molar-refractivity contribution in [1.29, 1.82) is 0 Å². The van der Waals surface area contributed by atoms with Crippen molar-refractivity contribution in [1.82, 2.24) is 15.0 Å². The summed E-state index contributed by atoms with van der Waals surface area (Å²) in [5, 5.41) is 0.0422. The summed E-state index contributed by atoms with van der Waals surface area (Å²) in [4.78, 5) is 22.1. The average molecular weight is 335 g/mol. The van der Waals surface area contributed by atoms with Crippen molar-refractivity contribution in [2.45, 2.75) is 13.0 Å². The first-order valence-corrected chi connectivity index (χ1v) is 7.09. The Morgan fingerprint density at radius 1 is 1.12 bits per heavy atom. The van der Waals surface area contributed by atoms with Crippen LogP contribution in [0.5, 0.6) is 0 Å². The van der Waals surface area contributed by atoms with Gasteiger partial charge in [-0.25, -0.2) is 23.1 Å². The second-order valence-corrected chi connectivity index (χ2v) is 5.08. The zero-order chi connectivity index (χ0) is 17.1. The van der Waals surface area contributed by atoms with Crippen LogP contribution in [0.1, 0.15) is 11.4 Å². The molecule has 5 nitrogen and oxygen atoms in total. The number of pyridine rings is 1. The number of halogens is 3. The summed E-state index contributed by atoms with van der Waals surface area (Å²) in [7, 11) is 0. The van der Waals surface area contributed by atoms with E-state index in [1.807, 2.05) is 0 Å². The minimum absolute atomic E-state index is 0.0405. The molecule has 3 aromatic rings. The van der Waals surface area contributed by atoms with E-state index in [0.717, 1.165) is 30.5 Å². The molecule has 0 aliphatic heterocycles. The van der Waals surface area contributed by atoms with Crippen LogP contribution in [0.3, 0.4) is 0 Å². The monoisotopic (exact) mass is 335 g/mol. The van der Waals surface area contributed by atoms with Crippen molar-refractivity contribution in [3.05, 3.63) is 69.7 Å². The third-order valence-electron chi connectivity index (χ3n) is 3.34. The highest BCUT2D eigenvalue weighted by Gasteiger charge is 2.07. The number of rotatable bonds is 5. The number of hydrogen-bond acceptors (Lipinski definition) is 4. The molecule has 2 aromatic heterocycles. The van der Waals surface area contributed by atoms with Crippen molar-refractivity contribution in [3.8, 4) is 0 Å². The van der Waals surface area contributed by atoms with Crippen molar-refractivity contribution < 1.29 is 17.9 Å². The number of benzene rings is 1. The van der Waals surface area contributed by atoms with Gasteiger partial charge in [0, 0.05) is 0 Å². The average Bonchev–Trinajstić information content (AvgIpc) is 2.55. The fourth-order valence-corrected chi connectivity index (χ4v) is 2.20. The Hall–Kier alpha value is -2.74. The van der Waals surface area contributed by atoms with E-state index in [4.69, 9.17) is 4.74 Å². The Labute approximate surface area is 134 Å². The summed E-state index contributed by atoms with van der Waals surface area (Å²) >= 11 is 0. The number of aromatic amines is 1. The molecule has 0 aliphatic rings. The molecule has 1 N–H and O–H groups in total. The second kappa shape index (κ2) is 6.79. The topological polar surface area (TPSA) is 67.9 Å². The maximum Gasteiger partial charge on any atom is 0.260 e. The quantitative estimate of drug-likeness (QED) is 0.728. The van der Waals surface area contributed by atoms with Crippen molar-refractivity contribution in [2.24, 2.45) is 0 Å². The zero-order valence-corrected chi connectivity index (χ0v) is 12.4. The summed E-state index contributed by atoms with van der Waals surface area (Å²) in [6.45, 7) is 0.0696. The molecule has 124 valence electrons. The van der Waals surface area contributed by atoms with Crippen LogP contribution in [0.15, 0.2) is 35.3 Å². The molecule has 0 bridgehead atoms. The molecule has 0 atom stereocenters. The zero-order valence-electron chi connectivity index (χ0n) is 12.4. The van der Waals surface area contributed by atoms with Crippen LogP contribution in [0, 0.1) is 17.5 Å². The molecule has 0 radical (unpaired) electrons. The molecule has 1 aromatic carbocycles. The molecule has 0 saturated carbocycles. The first kappa shape index (κ1) is 16.1. The lowest BCUT2D eigenvalue weighted by atomic mass is 10.1. The van der Waals surface area contributed by atoms with Gasteiger partial charge in [-0.15, -0.1) is 0 Å². The smallest absolute Gasteiger partial charge is 0.260 e. The van der Waals surface area contributed by atoms with Crippen LogP contribution in [0.2, 0.25) is 0 Å². The Balaban J connectivity index is 1.65. The number of ether oxygens (including phenoxy) is 1. The summed E-state index contributed by atoms with van der Waals surface area (Å²) in [6, 6.07) is 4.25. The fourth-order valence-electron chi connectivity index (χ4n) is 2.20. The van der Waals surface area contributed by atoms with Gasteiger partial charge in [-0.2, -0.15) is 0 Å². The van der Waals surface area contributed by atoms with Gasteiger partial charge in [-0.3, -0.25) is 4.79 Å². The molecule has 0 saturated heterocycles. The van der Waals surface area contributed by atoms with Gasteiger partial charge in [-0.05, 0) is 36.2 Å². The van der Waals surface area contributed by atoms with Crippen LogP contribution in [0.4, 0.5) is 13.2 Å². The molecule has 0 spiro atoms. The van der Waals surface area contributed by atoms with Crippen LogP contribution < -0.4 is 5.56 Å². The van der Waals surface area contributed by atoms with Crippen LogP contribution >= 0.6 is 0 Å². The van der Waals surface area contributed by atoms with Gasteiger partial charge in [0.05, 0.1) is 18.2 Å². The molecule has 2 heterocycles. The van der Waals surface area contributed by atoms with Gasteiger partial charge in [0.25, 0.3) is 5.56 Å². The number of fused-ring (bicyclic) bond motifs is 1. The molecular weight excluding hydrogens is 323 g/mol.